The molecule has 9 nitrogen and oxygen atoms in total. The van der Waals surface area contributed by atoms with Crippen LogP contribution in [0.3, 0.4) is 0 Å². The largest absolute Gasteiger partial charge is 0.497 e. The first-order valence-corrected chi connectivity index (χ1v) is 12.0. The molecule has 3 aromatic carbocycles. The third kappa shape index (κ3) is 5.28. The van der Waals surface area contributed by atoms with Crippen LogP contribution in [0.2, 0.25) is 0 Å². The van der Waals surface area contributed by atoms with Crippen LogP contribution in [0.15, 0.2) is 87.2 Å². The highest BCUT2D eigenvalue weighted by Gasteiger charge is 2.21. The summed E-state index contributed by atoms with van der Waals surface area (Å²) in [6.45, 7) is 1.91. The highest BCUT2D eigenvalue weighted by molar-refractivity contribution is 7.89. The summed E-state index contributed by atoms with van der Waals surface area (Å²) in [7, 11) is -1.44. The summed E-state index contributed by atoms with van der Waals surface area (Å²) in [5, 5.41) is 7.40. The van der Waals surface area contributed by atoms with Crippen molar-refractivity contribution >= 4 is 32.6 Å². The summed E-state index contributed by atoms with van der Waals surface area (Å²) in [4.78, 5) is 15.1. The van der Waals surface area contributed by atoms with Crippen molar-refractivity contribution < 1.29 is 27.1 Å². The molecule has 35 heavy (non-hydrogen) atoms. The third-order valence-electron chi connectivity index (χ3n) is 5.10. The number of nitrogens with one attached hydrogen (secondary N) is 2. The molecular formula is C25H23N3O6S. The molecule has 1 heterocycles. The van der Waals surface area contributed by atoms with Crippen LogP contribution in [0.5, 0.6) is 11.5 Å². The van der Waals surface area contributed by atoms with Crippen molar-refractivity contribution in [3.8, 4) is 11.5 Å². The van der Waals surface area contributed by atoms with Crippen LogP contribution >= 0.6 is 0 Å². The zero-order valence-electron chi connectivity index (χ0n) is 19.2. The molecule has 0 atom stereocenters. The van der Waals surface area contributed by atoms with Gasteiger partial charge in [0, 0.05) is 17.1 Å². The van der Waals surface area contributed by atoms with E-state index in [0.29, 0.717) is 22.4 Å². The van der Waals surface area contributed by atoms with Crippen LogP contribution in [0, 0.1) is 6.92 Å². The maximum atomic E-state index is 13.1. The number of sulfonamides is 1. The number of carbonyl (C=O) groups excluding carboxylic acids is 1. The van der Waals surface area contributed by atoms with Gasteiger partial charge in [0.2, 0.25) is 5.55 Å². The van der Waals surface area contributed by atoms with E-state index in [2.05, 4.69) is 15.2 Å². The standard InChI is InChI=1S/C25H23N3O6S/c1-16-7-6-9-18(13-16)26-24(29)20-14-17-8-4-5-10-21(17)34-25(20)27-28-35(30,31)23-15-19(32-2)11-12-22(23)33-3/h4-15,28H,1-3H3,(H,26,29)/b27-25+. The summed E-state index contributed by atoms with van der Waals surface area (Å²) in [5.74, 6) is -0.0943. The first-order chi connectivity index (χ1) is 16.8. The van der Waals surface area contributed by atoms with E-state index in [1.807, 2.05) is 25.1 Å². The molecule has 180 valence electrons. The monoisotopic (exact) mass is 493 g/mol. The Morgan fingerprint density at radius 3 is 2.49 bits per heavy atom. The molecule has 0 saturated heterocycles. The Balaban J connectivity index is 1.78. The predicted molar refractivity (Wildman–Crippen MR) is 131 cm³/mol. The summed E-state index contributed by atoms with van der Waals surface area (Å²) < 4.78 is 42.2. The van der Waals surface area contributed by atoms with Gasteiger partial charge in [0.1, 0.15) is 27.5 Å². The number of rotatable bonds is 7. The fraction of sp³-hybridized carbons (Fsp3) is 0.120. The second-order valence-corrected chi connectivity index (χ2v) is 9.18. The van der Waals surface area contributed by atoms with E-state index in [0.717, 1.165) is 5.56 Å². The number of carbonyl (C=O) groups is 1. The Hall–Kier alpha value is -4.31. The number of ether oxygens (including phenoxy) is 2. The van der Waals surface area contributed by atoms with Crippen molar-refractivity contribution in [1.82, 2.24) is 4.83 Å². The zero-order valence-corrected chi connectivity index (χ0v) is 20.0. The molecule has 4 aromatic rings. The fourth-order valence-corrected chi connectivity index (χ4v) is 4.37. The van der Waals surface area contributed by atoms with Gasteiger partial charge in [0.25, 0.3) is 15.9 Å². The summed E-state index contributed by atoms with van der Waals surface area (Å²) in [6, 6.07) is 20.2. The fourth-order valence-electron chi connectivity index (χ4n) is 3.38. The van der Waals surface area contributed by atoms with Gasteiger partial charge in [-0.3, -0.25) is 4.79 Å². The van der Waals surface area contributed by atoms with Gasteiger partial charge in [-0.15, -0.1) is 5.10 Å². The van der Waals surface area contributed by atoms with Crippen molar-refractivity contribution in [2.24, 2.45) is 5.10 Å². The molecule has 0 spiro atoms. The predicted octanol–water partition coefficient (Wildman–Crippen LogP) is 3.80. The SMILES string of the molecule is COc1ccc(OC)c(S(=O)(=O)N/N=c2/oc3ccccc3cc2C(=O)Nc2cccc(C)c2)c1. The van der Waals surface area contributed by atoms with Crippen molar-refractivity contribution in [3.63, 3.8) is 0 Å². The summed E-state index contributed by atoms with van der Waals surface area (Å²) >= 11 is 0. The van der Waals surface area contributed by atoms with E-state index in [-0.39, 0.29) is 21.8 Å². The van der Waals surface area contributed by atoms with Crippen LogP contribution in [-0.4, -0.2) is 28.5 Å². The Labute approximate surface area is 202 Å². The third-order valence-corrected chi connectivity index (χ3v) is 6.33. The molecule has 0 saturated carbocycles. The van der Waals surface area contributed by atoms with Crippen molar-refractivity contribution in [2.45, 2.75) is 11.8 Å². The number of nitrogens with zero attached hydrogens (tertiary/aromatic N) is 1. The molecule has 4 rings (SSSR count). The van der Waals surface area contributed by atoms with Crippen LogP contribution in [0.1, 0.15) is 15.9 Å². The van der Waals surface area contributed by atoms with Gasteiger partial charge in [-0.1, -0.05) is 30.3 Å². The van der Waals surface area contributed by atoms with Crippen molar-refractivity contribution in [3.05, 3.63) is 89.5 Å². The maximum Gasteiger partial charge on any atom is 0.280 e. The zero-order chi connectivity index (χ0) is 25.0. The lowest BCUT2D eigenvalue weighted by Gasteiger charge is -2.11. The number of aryl methyl sites for hydroxylation is 1. The van der Waals surface area contributed by atoms with Crippen molar-refractivity contribution in [2.75, 3.05) is 19.5 Å². The van der Waals surface area contributed by atoms with E-state index in [1.165, 1.54) is 26.4 Å². The number of methoxy groups -OCH3 is 2. The smallest absolute Gasteiger partial charge is 0.280 e. The molecule has 0 aliphatic rings. The highest BCUT2D eigenvalue weighted by Crippen LogP contribution is 2.28. The van der Waals surface area contributed by atoms with Gasteiger partial charge in [-0.2, -0.15) is 13.2 Å². The van der Waals surface area contributed by atoms with Gasteiger partial charge < -0.3 is 19.2 Å². The van der Waals surface area contributed by atoms with Gasteiger partial charge in [-0.25, -0.2) is 0 Å². The lowest BCUT2D eigenvalue weighted by Crippen LogP contribution is -2.27. The second-order valence-electron chi connectivity index (χ2n) is 7.55. The molecule has 0 aliphatic carbocycles. The summed E-state index contributed by atoms with van der Waals surface area (Å²) in [5.41, 5.74) is 1.81. The Kier molecular flexibility index (Phi) is 6.74. The van der Waals surface area contributed by atoms with Crippen molar-refractivity contribution in [1.29, 1.82) is 0 Å². The minimum absolute atomic E-state index is 0.0468. The minimum atomic E-state index is -4.21. The van der Waals surface area contributed by atoms with Gasteiger partial charge in [-0.05, 0) is 48.9 Å². The quantitative estimate of drug-likeness (QED) is 0.378. The number of hydrogen-bond acceptors (Lipinski definition) is 7. The number of amides is 1. The van der Waals surface area contributed by atoms with E-state index in [4.69, 9.17) is 13.9 Å². The number of fused-ring (bicyclic) bond motifs is 1. The first kappa shape index (κ1) is 23.8. The number of hydrogen-bond donors (Lipinski definition) is 2. The maximum absolute atomic E-state index is 13.1. The number of benzene rings is 3. The number of anilines is 1. The molecular weight excluding hydrogens is 470 g/mol. The number of para-hydroxylation sites is 1. The van der Waals surface area contributed by atoms with E-state index in [1.54, 1.807) is 42.5 Å². The lowest BCUT2D eigenvalue weighted by molar-refractivity contribution is 0.102. The molecule has 0 fully saturated rings. The van der Waals surface area contributed by atoms with E-state index >= 15 is 0 Å². The molecule has 0 aliphatic heterocycles. The van der Waals surface area contributed by atoms with Crippen LogP contribution in [-0.2, 0) is 10.0 Å². The molecule has 0 bridgehead atoms. The van der Waals surface area contributed by atoms with Gasteiger partial charge in [0.15, 0.2) is 0 Å². The molecule has 1 aromatic heterocycles. The second kappa shape index (κ2) is 9.90. The average molecular weight is 494 g/mol. The molecule has 1 amide bonds. The average Bonchev–Trinajstić information content (AvgIpc) is 2.86. The topological polar surface area (TPSA) is 119 Å². The molecule has 10 heteroatoms. The first-order valence-electron chi connectivity index (χ1n) is 10.5. The normalized spacial score (nSPS) is 11.8. The van der Waals surface area contributed by atoms with E-state index < -0.39 is 15.9 Å². The Morgan fingerprint density at radius 2 is 1.74 bits per heavy atom. The molecule has 2 N–H and O–H groups in total. The Bertz CT molecular complexity index is 1580. The van der Waals surface area contributed by atoms with Crippen LogP contribution in [0.4, 0.5) is 5.69 Å². The summed E-state index contributed by atoms with van der Waals surface area (Å²) in [6.07, 6.45) is 0. The Morgan fingerprint density at radius 1 is 0.943 bits per heavy atom. The minimum Gasteiger partial charge on any atom is -0.497 e. The van der Waals surface area contributed by atoms with Crippen LogP contribution < -0.4 is 25.2 Å². The molecule has 0 radical (unpaired) electrons. The lowest BCUT2D eigenvalue weighted by atomic mass is 10.1. The molecule has 0 unspecified atom stereocenters. The van der Waals surface area contributed by atoms with Crippen LogP contribution in [0.25, 0.3) is 11.0 Å². The van der Waals surface area contributed by atoms with E-state index in [9.17, 15) is 13.2 Å². The highest BCUT2D eigenvalue weighted by atomic mass is 32.2. The van der Waals surface area contributed by atoms with Gasteiger partial charge >= 0.3 is 0 Å². The van der Waals surface area contributed by atoms with Gasteiger partial charge in [0.05, 0.1) is 14.2 Å².